The minimum Gasteiger partial charge on any atom is -0.496 e. The maximum atomic E-state index is 14.3. The first-order chi connectivity index (χ1) is 10.1. The number of rotatable bonds is 5. The molecule has 0 aliphatic rings. The van der Waals surface area contributed by atoms with Gasteiger partial charge in [0.2, 0.25) is 0 Å². The molecule has 0 bridgehead atoms. The lowest BCUT2D eigenvalue weighted by Gasteiger charge is -2.15. The summed E-state index contributed by atoms with van der Waals surface area (Å²) in [6, 6.07) is 11.1. The lowest BCUT2D eigenvalue weighted by atomic mass is 9.93. The maximum Gasteiger partial charge on any atom is 0.131 e. The lowest BCUT2D eigenvalue weighted by Crippen LogP contribution is -2.05. The zero-order valence-electron chi connectivity index (χ0n) is 12.8. The molecule has 0 aromatic heterocycles. The molecule has 2 nitrogen and oxygen atoms in total. The van der Waals surface area contributed by atoms with E-state index in [-0.39, 0.29) is 5.82 Å². The first-order valence-electron chi connectivity index (χ1n) is 7.21. The number of aryl methyl sites for hydroxylation is 1. The quantitative estimate of drug-likeness (QED) is 0.891. The summed E-state index contributed by atoms with van der Waals surface area (Å²) in [5.41, 5.74) is 9.16. The van der Waals surface area contributed by atoms with Crippen molar-refractivity contribution in [1.82, 2.24) is 0 Å². The van der Waals surface area contributed by atoms with Crippen LogP contribution in [0.3, 0.4) is 0 Å². The minimum atomic E-state index is -0.234. The minimum absolute atomic E-state index is 0.234. The molecule has 0 amide bonds. The molecular formula is C18H22FNO. The molecule has 0 aliphatic carbocycles. The van der Waals surface area contributed by atoms with Crippen LogP contribution < -0.4 is 10.5 Å². The molecule has 0 saturated carbocycles. The molecule has 0 radical (unpaired) electrons. The largest absolute Gasteiger partial charge is 0.496 e. The van der Waals surface area contributed by atoms with Gasteiger partial charge in [-0.15, -0.1) is 0 Å². The Kier molecular flexibility index (Phi) is 4.97. The van der Waals surface area contributed by atoms with Gasteiger partial charge in [0.05, 0.1) is 7.11 Å². The summed E-state index contributed by atoms with van der Waals surface area (Å²) in [6.07, 6.45) is 0.885. The van der Waals surface area contributed by atoms with Crippen molar-refractivity contribution in [3.8, 4) is 16.9 Å². The molecular weight excluding hydrogens is 265 g/mol. The number of nitrogens with two attached hydrogens (primary N) is 1. The number of hydrogen-bond acceptors (Lipinski definition) is 2. The molecule has 2 N–H and O–H groups in total. The Bertz CT molecular complexity index is 625. The fraction of sp³-hybridized carbons (Fsp3) is 0.333. The van der Waals surface area contributed by atoms with Gasteiger partial charge >= 0.3 is 0 Å². The predicted octanol–water partition coefficient (Wildman–Crippen LogP) is 4.26. The Morgan fingerprint density at radius 2 is 1.90 bits per heavy atom. The van der Waals surface area contributed by atoms with E-state index in [2.05, 4.69) is 6.92 Å². The summed E-state index contributed by atoms with van der Waals surface area (Å²) in [5, 5.41) is 0. The van der Waals surface area contributed by atoms with Crippen LogP contribution in [0, 0.1) is 12.7 Å². The summed E-state index contributed by atoms with van der Waals surface area (Å²) in [7, 11) is 1.60. The first kappa shape index (κ1) is 15.5. The average Bonchev–Trinajstić information content (AvgIpc) is 2.48. The predicted molar refractivity (Wildman–Crippen MR) is 85.2 cm³/mol. The van der Waals surface area contributed by atoms with E-state index in [1.165, 1.54) is 6.07 Å². The number of methoxy groups -OCH3 is 1. The van der Waals surface area contributed by atoms with E-state index in [9.17, 15) is 4.39 Å². The molecule has 2 rings (SSSR count). The highest BCUT2D eigenvalue weighted by Crippen LogP contribution is 2.34. The Morgan fingerprint density at radius 1 is 1.14 bits per heavy atom. The van der Waals surface area contributed by atoms with Crippen molar-refractivity contribution in [3.05, 3.63) is 53.3 Å². The Balaban J connectivity index is 2.53. The molecule has 0 fully saturated rings. The van der Waals surface area contributed by atoms with Gasteiger partial charge in [-0.05, 0) is 55.6 Å². The van der Waals surface area contributed by atoms with Crippen LogP contribution in [0.15, 0.2) is 36.4 Å². The summed E-state index contributed by atoms with van der Waals surface area (Å²) >= 11 is 0. The Hall–Kier alpha value is -1.87. The van der Waals surface area contributed by atoms with Crippen molar-refractivity contribution in [2.75, 3.05) is 13.7 Å². The number of halogens is 1. The van der Waals surface area contributed by atoms with Crippen LogP contribution in [-0.2, 0) is 0 Å². The van der Waals surface area contributed by atoms with Crippen LogP contribution in [0.4, 0.5) is 4.39 Å². The maximum absolute atomic E-state index is 14.3. The summed E-state index contributed by atoms with van der Waals surface area (Å²) in [5.74, 6) is 0.760. The van der Waals surface area contributed by atoms with Crippen LogP contribution in [0.1, 0.15) is 30.4 Å². The fourth-order valence-corrected chi connectivity index (χ4v) is 2.50. The van der Waals surface area contributed by atoms with E-state index in [1.807, 2.05) is 37.3 Å². The number of benzene rings is 2. The van der Waals surface area contributed by atoms with Gasteiger partial charge in [-0.2, -0.15) is 0 Å². The normalized spacial score (nSPS) is 12.2. The van der Waals surface area contributed by atoms with E-state index >= 15 is 0 Å². The summed E-state index contributed by atoms with van der Waals surface area (Å²) < 4.78 is 19.6. The van der Waals surface area contributed by atoms with Crippen molar-refractivity contribution in [2.45, 2.75) is 26.2 Å². The second kappa shape index (κ2) is 6.72. The van der Waals surface area contributed by atoms with Gasteiger partial charge in [-0.1, -0.05) is 24.6 Å². The van der Waals surface area contributed by atoms with Gasteiger partial charge in [0, 0.05) is 11.1 Å². The molecule has 21 heavy (non-hydrogen) atoms. The van der Waals surface area contributed by atoms with Crippen LogP contribution >= 0.6 is 0 Å². The summed E-state index contributed by atoms with van der Waals surface area (Å²) in [4.78, 5) is 0. The third-order valence-electron chi connectivity index (χ3n) is 3.80. The highest BCUT2D eigenvalue weighted by atomic mass is 19.1. The molecule has 1 atom stereocenters. The molecule has 112 valence electrons. The topological polar surface area (TPSA) is 35.2 Å². The Labute approximate surface area is 125 Å². The monoisotopic (exact) mass is 287 g/mol. The van der Waals surface area contributed by atoms with Gasteiger partial charge in [0.25, 0.3) is 0 Å². The molecule has 0 saturated heterocycles. The van der Waals surface area contributed by atoms with Gasteiger partial charge < -0.3 is 10.5 Å². The van der Waals surface area contributed by atoms with Crippen molar-refractivity contribution in [3.63, 3.8) is 0 Å². The van der Waals surface area contributed by atoms with Gasteiger partial charge in [-0.3, -0.25) is 0 Å². The van der Waals surface area contributed by atoms with Crippen molar-refractivity contribution < 1.29 is 9.13 Å². The van der Waals surface area contributed by atoms with Crippen LogP contribution in [-0.4, -0.2) is 13.7 Å². The standard InChI is InChI=1S/C18H22FNO/c1-12-4-7-18(21-3)16(10-12)15-11-14(5-6-17(15)19)13(2)8-9-20/h4-7,10-11,13H,8-9,20H2,1-3H3. The van der Waals surface area contributed by atoms with E-state index in [0.29, 0.717) is 23.8 Å². The fourth-order valence-electron chi connectivity index (χ4n) is 2.50. The van der Waals surface area contributed by atoms with Gasteiger partial charge in [0.15, 0.2) is 0 Å². The molecule has 0 aliphatic heterocycles. The molecule has 1 unspecified atom stereocenters. The van der Waals surface area contributed by atoms with E-state index in [0.717, 1.165) is 23.1 Å². The molecule has 0 spiro atoms. The van der Waals surface area contributed by atoms with Crippen molar-refractivity contribution in [2.24, 2.45) is 5.73 Å². The first-order valence-corrected chi connectivity index (χ1v) is 7.21. The average molecular weight is 287 g/mol. The zero-order chi connectivity index (χ0) is 15.4. The van der Waals surface area contributed by atoms with Gasteiger partial charge in [0.1, 0.15) is 11.6 Å². The SMILES string of the molecule is COc1ccc(C)cc1-c1cc(C(C)CCN)ccc1F. The van der Waals surface area contributed by atoms with Crippen LogP contribution in [0.2, 0.25) is 0 Å². The third-order valence-corrected chi connectivity index (χ3v) is 3.80. The molecule has 2 aromatic carbocycles. The molecule has 3 heteroatoms. The smallest absolute Gasteiger partial charge is 0.131 e. The second-order valence-corrected chi connectivity index (χ2v) is 5.42. The summed E-state index contributed by atoms with van der Waals surface area (Å²) in [6.45, 7) is 4.72. The van der Waals surface area contributed by atoms with Crippen LogP contribution in [0.25, 0.3) is 11.1 Å². The lowest BCUT2D eigenvalue weighted by molar-refractivity contribution is 0.416. The Morgan fingerprint density at radius 3 is 2.57 bits per heavy atom. The number of hydrogen-bond donors (Lipinski definition) is 1. The van der Waals surface area contributed by atoms with Crippen molar-refractivity contribution in [1.29, 1.82) is 0 Å². The molecule has 2 aromatic rings. The van der Waals surface area contributed by atoms with Gasteiger partial charge in [-0.25, -0.2) is 4.39 Å². The second-order valence-electron chi connectivity index (χ2n) is 5.42. The molecule has 0 heterocycles. The third kappa shape index (κ3) is 3.42. The number of ether oxygens (including phenoxy) is 1. The van der Waals surface area contributed by atoms with E-state index in [1.54, 1.807) is 7.11 Å². The highest BCUT2D eigenvalue weighted by Gasteiger charge is 2.14. The van der Waals surface area contributed by atoms with E-state index < -0.39 is 0 Å². The zero-order valence-corrected chi connectivity index (χ0v) is 12.8. The highest BCUT2D eigenvalue weighted by molar-refractivity contribution is 5.72. The van der Waals surface area contributed by atoms with E-state index in [4.69, 9.17) is 10.5 Å². The van der Waals surface area contributed by atoms with Crippen LogP contribution in [0.5, 0.6) is 5.75 Å². The van der Waals surface area contributed by atoms with Crippen molar-refractivity contribution >= 4 is 0 Å².